The molecule has 0 radical (unpaired) electrons. The van der Waals surface area contributed by atoms with Crippen LogP contribution in [-0.4, -0.2) is 11.1 Å². The Morgan fingerprint density at radius 2 is 1.92 bits per heavy atom. The molecule has 0 bridgehead atoms. The quantitative estimate of drug-likeness (QED) is 0.724. The summed E-state index contributed by atoms with van der Waals surface area (Å²) in [5, 5.41) is 0. The summed E-state index contributed by atoms with van der Waals surface area (Å²) in [6.07, 6.45) is 1.91. The van der Waals surface area contributed by atoms with Crippen LogP contribution in [0.15, 0.2) is 58.3 Å². The highest BCUT2D eigenvalue weighted by molar-refractivity contribution is 7.07. The minimum Gasteiger partial charge on any atom is -0.489 e. The van der Waals surface area contributed by atoms with Crippen LogP contribution in [0.4, 0.5) is 0 Å². The van der Waals surface area contributed by atoms with Gasteiger partial charge in [0.2, 0.25) is 0 Å². The third-order valence-electron chi connectivity index (χ3n) is 4.16. The molecule has 25 heavy (non-hydrogen) atoms. The van der Waals surface area contributed by atoms with Crippen molar-refractivity contribution >= 4 is 17.4 Å². The van der Waals surface area contributed by atoms with Crippen molar-refractivity contribution in [3.05, 3.63) is 84.9 Å². The van der Waals surface area contributed by atoms with E-state index in [9.17, 15) is 4.79 Å². The number of benzene rings is 2. The van der Waals surface area contributed by atoms with Crippen LogP contribution in [0.5, 0.6) is 5.75 Å². The predicted molar refractivity (Wildman–Crippen MR) is 99.7 cm³/mol. The molecular weight excluding hydrogens is 332 g/mol. The summed E-state index contributed by atoms with van der Waals surface area (Å²) in [7, 11) is 0. The predicted octanol–water partition coefficient (Wildman–Crippen LogP) is 2.26. The van der Waals surface area contributed by atoms with Crippen LogP contribution >= 0.6 is 11.3 Å². The Kier molecular flexibility index (Phi) is 4.24. The summed E-state index contributed by atoms with van der Waals surface area (Å²) in [5.74, 6) is 0.818. The van der Waals surface area contributed by atoms with Crippen molar-refractivity contribution in [1.82, 2.24) is 4.57 Å². The SMILES string of the molecule is Cc1ccc(COc2ccc(C=c3sc4n(c3=O)CCN=4)cc2)cc1. The molecule has 126 valence electrons. The lowest BCUT2D eigenvalue weighted by molar-refractivity contribution is 0.306. The molecule has 4 nitrogen and oxygen atoms in total. The molecule has 2 aromatic carbocycles. The van der Waals surface area contributed by atoms with Crippen LogP contribution in [0.2, 0.25) is 0 Å². The normalized spacial score (nSPS) is 13.6. The van der Waals surface area contributed by atoms with Crippen molar-refractivity contribution in [1.29, 1.82) is 0 Å². The van der Waals surface area contributed by atoms with Gasteiger partial charge in [0.05, 0.1) is 11.1 Å². The lowest BCUT2D eigenvalue weighted by Gasteiger charge is -2.06. The van der Waals surface area contributed by atoms with Gasteiger partial charge in [-0.15, -0.1) is 0 Å². The van der Waals surface area contributed by atoms with Gasteiger partial charge in [-0.1, -0.05) is 53.3 Å². The molecule has 5 heteroatoms. The second-order valence-corrected chi connectivity index (χ2v) is 7.08. The maximum atomic E-state index is 12.3. The second kappa shape index (κ2) is 6.69. The fraction of sp³-hybridized carbons (Fsp3) is 0.200. The maximum Gasteiger partial charge on any atom is 0.270 e. The highest BCUT2D eigenvalue weighted by Crippen LogP contribution is 2.15. The monoisotopic (exact) mass is 350 g/mol. The van der Waals surface area contributed by atoms with Gasteiger partial charge in [-0.3, -0.25) is 14.4 Å². The van der Waals surface area contributed by atoms with Crippen LogP contribution < -0.4 is 19.6 Å². The van der Waals surface area contributed by atoms with Gasteiger partial charge in [0.15, 0.2) is 4.80 Å². The van der Waals surface area contributed by atoms with Gasteiger partial charge in [0.25, 0.3) is 5.56 Å². The van der Waals surface area contributed by atoms with Gasteiger partial charge in [-0.2, -0.15) is 0 Å². The van der Waals surface area contributed by atoms with E-state index in [4.69, 9.17) is 4.74 Å². The van der Waals surface area contributed by atoms with E-state index < -0.39 is 0 Å². The molecule has 2 heterocycles. The molecule has 0 saturated carbocycles. The van der Waals surface area contributed by atoms with E-state index in [2.05, 4.69) is 36.2 Å². The largest absolute Gasteiger partial charge is 0.489 e. The fourth-order valence-corrected chi connectivity index (χ4v) is 3.76. The van der Waals surface area contributed by atoms with Crippen molar-refractivity contribution in [3.63, 3.8) is 0 Å². The topological polar surface area (TPSA) is 43.6 Å². The fourth-order valence-electron chi connectivity index (χ4n) is 2.73. The first kappa shape index (κ1) is 15.8. The molecule has 0 saturated heterocycles. The summed E-state index contributed by atoms with van der Waals surface area (Å²) < 4.78 is 8.29. The summed E-state index contributed by atoms with van der Waals surface area (Å²) in [4.78, 5) is 17.4. The molecule has 0 amide bonds. The number of rotatable bonds is 4. The summed E-state index contributed by atoms with van der Waals surface area (Å²) >= 11 is 1.45. The third-order valence-corrected chi connectivity index (χ3v) is 5.21. The molecule has 0 unspecified atom stereocenters. The average molecular weight is 350 g/mol. The third kappa shape index (κ3) is 3.42. The first-order valence-electron chi connectivity index (χ1n) is 8.23. The van der Waals surface area contributed by atoms with Gasteiger partial charge in [-0.05, 0) is 36.3 Å². The summed E-state index contributed by atoms with van der Waals surface area (Å²) in [5.41, 5.74) is 3.43. The molecule has 0 aliphatic carbocycles. The van der Waals surface area contributed by atoms with Crippen LogP contribution in [0.25, 0.3) is 6.08 Å². The number of hydrogen-bond acceptors (Lipinski definition) is 4. The first-order valence-corrected chi connectivity index (χ1v) is 9.05. The van der Waals surface area contributed by atoms with E-state index in [0.29, 0.717) is 19.7 Å². The Morgan fingerprint density at radius 3 is 2.64 bits per heavy atom. The number of aryl methyl sites for hydroxylation is 1. The molecular formula is C20H18N2O2S. The molecule has 0 N–H and O–H groups in total. The molecule has 0 atom stereocenters. The first-order chi connectivity index (χ1) is 12.2. The van der Waals surface area contributed by atoms with Crippen molar-refractivity contribution in [2.75, 3.05) is 6.54 Å². The molecule has 1 aliphatic rings. The molecule has 3 aromatic rings. The van der Waals surface area contributed by atoms with Crippen molar-refractivity contribution in [3.8, 4) is 5.75 Å². The number of ether oxygens (including phenoxy) is 1. The van der Waals surface area contributed by atoms with Crippen molar-refractivity contribution < 1.29 is 4.74 Å². The van der Waals surface area contributed by atoms with Gasteiger partial charge < -0.3 is 4.74 Å². The van der Waals surface area contributed by atoms with Crippen LogP contribution in [-0.2, 0) is 13.2 Å². The molecule has 4 rings (SSSR count). The number of nitrogens with zero attached hydrogens (tertiary/aromatic N) is 2. The van der Waals surface area contributed by atoms with Crippen LogP contribution in [0, 0.1) is 6.92 Å². The van der Waals surface area contributed by atoms with Crippen LogP contribution in [0.1, 0.15) is 16.7 Å². The maximum absolute atomic E-state index is 12.3. The molecule has 1 aromatic heterocycles. The smallest absolute Gasteiger partial charge is 0.270 e. The highest BCUT2D eigenvalue weighted by atomic mass is 32.1. The minimum absolute atomic E-state index is 0.0564. The lowest BCUT2D eigenvalue weighted by atomic mass is 10.2. The van der Waals surface area contributed by atoms with Gasteiger partial charge >= 0.3 is 0 Å². The van der Waals surface area contributed by atoms with Gasteiger partial charge in [0.1, 0.15) is 12.4 Å². The zero-order chi connectivity index (χ0) is 17.2. The Bertz CT molecular complexity index is 1060. The number of hydrogen-bond donors (Lipinski definition) is 0. The van der Waals surface area contributed by atoms with Crippen molar-refractivity contribution in [2.45, 2.75) is 20.1 Å². The van der Waals surface area contributed by atoms with E-state index in [1.54, 1.807) is 4.57 Å². The zero-order valence-corrected chi connectivity index (χ0v) is 14.8. The van der Waals surface area contributed by atoms with Crippen molar-refractivity contribution in [2.24, 2.45) is 4.99 Å². The Labute approximate surface area is 149 Å². The Balaban J connectivity index is 1.50. The summed E-state index contributed by atoms with van der Waals surface area (Å²) in [6, 6.07) is 16.1. The molecule has 0 spiro atoms. The van der Waals surface area contributed by atoms with E-state index >= 15 is 0 Å². The minimum atomic E-state index is 0.0564. The number of aromatic nitrogens is 1. The Morgan fingerprint density at radius 1 is 1.16 bits per heavy atom. The molecule has 0 fully saturated rings. The number of fused-ring (bicyclic) bond motifs is 1. The lowest BCUT2D eigenvalue weighted by Crippen LogP contribution is -2.29. The standard InChI is InChI=1S/C20H18N2O2S/c1-14-2-4-16(5-3-14)13-24-17-8-6-15(7-9-17)12-18-19(23)22-11-10-21-20(22)25-18/h2-9,12H,10-11,13H2,1H3. The van der Waals surface area contributed by atoms with Gasteiger partial charge in [0, 0.05) is 6.54 Å². The average Bonchev–Trinajstić information content (AvgIpc) is 3.19. The van der Waals surface area contributed by atoms with E-state index in [0.717, 1.165) is 26.2 Å². The van der Waals surface area contributed by atoms with Crippen LogP contribution in [0.3, 0.4) is 0 Å². The van der Waals surface area contributed by atoms with E-state index in [1.165, 1.54) is 16.9 Å². The highest BCUT2D eigenvalue weighted by Gasteiger charge is 2.09. The second-order valence-electron chi connectivity index (χ2n) is 6.08. The Hall–Kier alpha value is -2.66. The van der Waals surface area contributed by atoms with Gasteiger partial charge in [-0.25, -0.2) is 0 Å². The summed E-state index contributed by atoms with van der Waals surface area (Å²) in [6.45, 7) is 4.03. The van der Waals surface area contributed by atoms with E-state index in [1.807, 2.05) is 30.3 Å². The van der Waals surface area contributed by atoms with E-state index in [-0.39, 0.29) is 5.56 Å². The molecule has 1 aliphatic heterocycles. The zero-order valence-electron chi connectivity index (χ0n) is 13.9. The number of thiazole rings is 1.